The second-order valence-corrected chi connectivity index (χ2v) is 5.14. The summed E-state index contributed by atoms with van der Waals surface area (Å²) < 4.78 is 5.08. The van der Waals surface area contributed by atoms with E-state index in [9.17, 15) is 4.79 Å². The van der Waals surface area contributed by atoms with Crippen molar-refractivity contribution in [2.75, 3.05) is 6.61 Å². The van der Waals surface area contributed by atoms with Gasteiger partial charge in [-0.25, -0.2) is 4.79 Å². The molecule has 1 aliphatic rings. The summed E-state index contributed by atoms with van der Waals surface area (Å²) in [6, 6.07) is 5.00. The van der Waals surface area contributed by atoms with Crippen LogP contribution in [0.3, 0.4) is 0 Å². The van der Waals surface area contributed by atoms with Crippen LogP contribution in [-0.4, -0.2) is 18.6 Å². The highest BCUT2D eigenvalue weighted by Crippen LogP contribution is 2.30. The van der Waals surface area contributed by atoms with Gasteiger partial charge in [0.05, 0.1) is 6.61 Å². The van der Waals surface area contributed by atoms with Gasteiger partial charge >= 0.3 is 5.97 Å². The van der Waals surface area contributed by atoms with Gasteiger partial charge in [-0.1, -0.05) is 29.3 Å². The molecule has 1 atom stereocenters. The Balaban J connectivity index is 0.00000180. The van der Waals surface area contributed by atoms with Crippen LogP contribution in [0, 0.1) is 0 Å². The van der Waals surface area contributed by atoms with Crippen LogP contribution in [0.1, 0.15) is 31.4 Å². The molecule has 3 nitrogen and oxygen atoms in total. The number of carbonyl (C=O) groups is 1. The minimum absolute atomic E-state index is 0. The molecule has 0 bridgehead atoms. The second kappa shape index (κ2) is 7.34. The van der Waals surface area contributed by atoms with Gasteiger partial charge < -0.3 is 4.74 Å². The summed E-state index contributed by atoms with van der Waals surface area (Å²) in [6.45, 7) is 2.14. The minimum atomic E-state index is -0.512. The molecule has 0 spiro atoms. The molecule has 0 aromatic heterocycles. The number of hydrogen-bond acceptors (Lipinski definition) is 3. The SMILES string of the molecule is CCOC(=O)C(NC1CC1)c1ccc(Cl)cc1Cl.Cl. The molecule has 6 heteroatoms. The zero-order valence-electron chi connectivity index (χ0n) is 10.5. The predicted octanol–water partition coefficient (Wildman–Crippen LogP) is 3.77. The summed E-state index contributed by atoms with van der Waals surface area (Å²) in [6.07, 6.45) is 2.17. The molecule has 0 heterocycles. The van der Waals surface area contributed by atoms with Crippen LogP contribution in [-0.2, 0) is 9.53 Å². The number of rotatable bonds is 5. The summed E-state index contributed by atoms with van der Waals surface area (Å²) in [5, 5.41) is 4.28. The molecule has 1 aromatic rings. The summed E-state index contributed by atoms with van der Waals surface area (Å²) >= 11 is 12.0. The third-order valence-corrected chi connectivity index (χ3v) is 3.34. The van der Waals surface area contributed by atoms with Gasteiger partial charge in [0.1, 0.15) is 6.04 Å². The Morgan fingerprint density at radius 1 is 1.47 bits per heavy atom. The lowest BCUT2D eigenvalue weighted by molar-refractivity contribution is -0.145. The molecular weight excluding hydrogens is 309 g/mol. The summed E-state index contributed by atoms with van der Waals surface area (Å²) in [5.41, 5.74) is 0.714. The maximum absolute atomic E-state index is 12.0. The Labute approximate surface area is 129 Å². The second-order valence-electron chi connectivity index (χ2n) is 4.29. The molecule has 0 radical (unpaired) electrons. The molecular formula is C13H16Cl3NO2. The topological polar surface area (TPSA) is 38.3 Å². The average Bonchev–Trinajstić information content (AvgIpc) is 3.11. The Kier molecular flexibility index (Phi) is 6.40. The Hall–Kier alpha value is -0.480. The largest absolute Gasteiger partial charge is 0.465 e. The molecule has 1 aromatic carbocycles. The highest BCUT2D eigenvalue weighted by Gasteiger charge is 2.31. The van der Waals surface area contributed by atoms with Crippen molar-refractivity contribution < 1.29 is 9.53 Å². The van der Waals surface area contributed by atoms with Gasteiger partial charge in [-0.05, 0) is 37.5 Å². The number of ether oxygens (including phenoxy) is 1. The fourth-order valence-electron chi connectivity index (χ4n) is 1.73. The van der Waals surface area contributed by atoms with E-state index >= 15 is 0 Å². The first-order valence-electron chi connectivity index (χ1n) is 5.99. The molecule has 19 heavy (non-hydrogen) atoms. The van der Waals surface area contributed by atoms with Crippen LogP contribution >= 0.6 is 35.6 Å². The zero-order chi connectivity index (χ0) is 13.1. The average molecular weight is 325 g/mol. The molecule has 1 fully saturated rings. The first-order chi connectivity index (χ1) is 8.61. The molecule has 0 amide bonds. The van der Waals surface area contributed by atoms with E-state index in [2.05, 4.69) is 5.32 Å². The molecule has 2 rings (SSSR count). The standard InChI is InChI=1S/C13H15Cl2NO2.ClH/c1-2-18-13(17)12(16-9-4-5-9)10-6-3-8(14)7-11(10)15;/h3,6-7,9,12,16H,2,4-5H2,1H3;1H. The Morgan fingerprint density at radius 3 is 2.68 bits per heavy atom. The van der Waals surface area contributed by atoms with Gasteiger partial charge in [-0.3, -0.25) is 5.32 Å². The van der Waals surface area contributed by atoms with E-state index in [0.717, 1.165) is 12.8 Å². The van der Waals surface area contributed by atoms with Crippen molar-refractivity contribution in [3.63, 3.8) is 0 Å². The lowest BCUT2D eigenvalue weighted by atomic mass is 10.1. The number of esters is 1. The lowest BCUT2D eigenvalue weighted by Gasteiger charge is -2.18. The first kappa shape index (κ1) is 16.6. The highest BCUT2D eigenvalue weighted by molar-refractivity contribution is 6.35. The predicted molar refractivity (Wildman–Crippen MR) is 79.2 cm³/mol. The Morgan fingerprint density at radius 2 is 2.16 bits per heavy atom. The maximum Gasteiger partial charge on any atom is 0.327 e. The summed E-state index contributed by atoms with van der Waals surface area (Å²) in [7, 11) is 0. The van der Waals surface area contributed by atoms with E-state index < -0.39 is 6.04 Å². The Bertz CT molecular complexity index is 450. The van der Waals surface area contributed by atoms with Crippen LogP contribution in [0.15, 0.2) is 18.2 Å². The van der Waals surface area contributed by atoms with Gasteiger partial charge in [0.2, 0.25) is 0 Å². The molecule has 1 unspecified atom stereocenters. The molecule has 1 N–H and O–H groups in total. The van der Waals surface area contributed by atoms with E-state index in [1.807, 2.05) is 0 Å². The van der Waals surface area contributed by atoms with Crippen molar-refractivity contribution in [2.45, 2.75) is 31.8 Å². The van der Waals surface area contributed by atoms with Crippen molar-refractivity contribution in [1.29, 1.82) is 0 Å². The van der Waals surface area contributed by atoms with Gasteiger partial charge in [0.15, 0.2) is 0 Å². The van der Waals surface area contributed by atoms with Gasteiger partial charge in [-0.2, -0.15) is 0 Å². The van der Waals surface area contributed by atoms with E-state index in [4.69, 9.17) is 27.9 Å². The number of nitrogens with one attached hydrogen (secondary N) is 1. The number of benzene rings is 1. The summed E-state index contributed by atoms with van der Waals surface area (Å²) in [4.78, 5) is 12.0. The lowest BCUT2D eigenvalue weighted by Crippen LogP contribution is -2.32. The fraction of sp³-hybridized carbons (Fsp3) is 0.462. The molecule has 0 aliphatic heterocycles. The van der Waals surface area contributed by atoms with Crippen LogP contribution in [0.2, 0.25) is 10.0 Å². The minimum Gasteiger partial charge on any atom is -0.465 e. The molecule has 0 saturated heterocycles. The van der Waals surface area contributed by atoms with Crippen molar-refractivity contribution in [3.8, 4) is 0 Å². The zero-order valence-corrected chi connectivity index (χ0v) is 12.8. The molecule has 1 aliphatic carbocycles. The third kappa shape index (κ3) is 4.53. The number of halogens is 3. The first-order valence-corrected chi connectivity index (χ1v) is 6.75. The smallest absolute Gasteiger partial charge is 0.327 e. The maximum atomic E-state index is 12.0. The van der Waals surface area contributed by atoms with E-state index in [1.165, 1.54) is 0 Å². The van der Waals surface area contributed by atoms with E-state index in [-0.39, 0.29) is 18.4 Å². The highest BCUT2D eigenvalue weighted by atomic mass is 35.5. The van der Waals surface area contributed by atoms with E-state index in [1.54, 1.807) is 25.1 Å². The fourth-order valence-corrected chi connectivity index (χ4v) is 2.25. The van der Waals surface area contributed by atoms with Crippen molar-refractivity contribution >= 4 is 41.6 Å². The third-order valence-electron chi connectivity index (χ3n) is 2.78. The van der Waals surface area contributed by atoms with Gasteiger partial charge in [-0.15, -0.1) is 12.4 Å². The number of hydrogen-bond donors (Lipinski definition) is 1. The quantitative estimate of drug-likeness (QED) is 0.838. The van der Waals surface area contributed by atoms with Crippen LogP contribution in [0.5, 0.6) is 0 Å². The van der Waals surface area contributed by atoms with Gasteiger partial charge in [0, 0.05) is 16.1 Å². The molecule has 1 saturated carbocycles. The normalized spacial score (nSPS) is 15.5. The number of carbonyl (C=O) groups excluding carboxylic acids is 1. The van der Waals surface area contributed by atoms with E-state index in [0.29, 0.717) is 28.3 Å². The molecule has 106 valence electrons. The van der Waals surface area contributed by atoms with Crippen molar-refractivity contribution in [1.82, 2.24) is 5.32 Å². The van der Waals surface area contributed by atoms with Crippen molar-refractivity contribution in [3.05, 3.63) is 33.8 Å². The summed E-state index contributed by atoms with van der Waals surface area (Å²) in [5.74, 6) is -0.298. The van der Waals surface area contributed by atoms with Crippen LogP contribution in [0.4, 0.5) is 0 Å². The monoisotopic (exact) mass is 323 g/mol. The van der Waals surface area contributed by atoms with Crippen LogP contribution < -0.4 is 5.32 Å². The van der Waals surface area contributed by atoms with Crippen molar-refractivity contribution in [2.24, 2.45) is 0 Å². The van der Waals surface area contributed by atoms with Gasteiger partial charge in [0.25, 0.3) is 0 Å². The van der Waals surface area contributed by atoms with Crippen LogP contribution in [0.25, 0.3) is 0 Å².